The molecule has 110 valence electrons. The number of quaternary nitrogens is 1. The fourth-order valence-electron chi connectivity index (χ4n) is 5.67. The second-order valence-electron chi connectivity index (χ2n) is 7.25. The van der Waals surface area contributed by atoms with E-state index in [1.54, 1.807) is 11.0 Å². The van der Waals surface area contributed by atoms with Gasteiger partial charge >= 0.3 is 0 Å². The molecular formula is C17H20NO3+. The van der Waals surface area contributed by atoms with E-state index in [9.17, 15) is 9.90 Å². The van der Waals surface area contributed by atoms with Crippen molar-refractivity contribution in [3.05, 3.63) is 23.3 Å². The van der Waals surface area contributed by atoms with Gasteiger partial charge in [-0.05, 0) is 18.1 Å². The molecule has 1 unspecified atom stereocenters. The summed E-state index contributed by atoms with van der Waals surface area (Å²) >= 11 is 0. The minimum Gasteiger partial charge on any atom is -0.504 e. The number of carbonyl (C=O) groups excluding carboxylic acids is 1. The molecule has 1 saturated heterocycles. The zero-order valence-corrected chi connectivity index (χ0v) is 12.2. The Kier molecular flexibility index (Phi) is 2.07. The van der Waals surface area contributed by atoms with E-state index in [0.717, 1.165) is 25.8 Å². The normalized spacial score (nSPS) is 42.4. The van der Waals surface area contributed by atoms with Gasteiger partial charge in [0, 0.05) is 30.7 Å². The van der Waals surface area contributed by atoms with Crippen LogP contribution in [-0.4, -0.2) is 36.6 Å². The highest BCUT2D eigenvalue weighted by Gasteiger charge is 2.67. The molecule has 2 N–H and O–H groups in total. The monoisotopic (exact) mass is 286 g/mol. The van der Waals surface area contributed by atoms with Crippen molar-refractivity contribution < 1.29 is 19.5 Å². The number of hydrogen-bond acceptors (Lipinski definition) is 3. The van der Waals surface area contributed by atoms with Crippen LogP contribution in [0, 0.1) is 5.92 Å². The molecular weight excluding hydrogens is 266 g/mol. The number of aromatic hydroxyl groups is 1. The summed E-state index contributed by atoms with van der Waals surface area (Å²) in [5, 5.41) is 10.2. The highest BCUT2D eigenvalue weighted by molar-refractivity contribution is 5.89. The van der Waals surface area contributed by atoms with Crippen molar-refractivity contribution in [2.45, 2.75) is 43.2 Å². The van der Waals surface area contributed by atoms with Crippen molar-refractivity contribution >= 4 is 5.78 Å². The number of ether oxygens (including phenoxy) is 1. The third kappa shape index (κ3) is 1.20. The molecule has 4 nitrogen and oxygen atoms in total. The topological polar surface area (TPSA) is 51.0 Å². The van der Waals surface area contributed by atoms with E-state index in [4.69, 9.17) is 4.74 Å². The summed E-state index contributed by atoms with van der Waals surface area (Å²) in [6.45, 7) is 1.09. The SMILES string of the molecule is C[NH+]1CC[C@]23c4c5ccc(O)c4O[C@H]2C(=O)CC[C@H]3[C@H]1C5. The van der Waals surface area contributed by atoms with Crippen molar-refractivity contribution in [3.63, 3.8) is 0 Å². The number of rotatable bonds is 0. The van der Waals surface area contributed by atoms with Crippen LogP contribution in [0.15, 0.2) is 12.1 Å². The molecule has 1 spiro atoms. The second-order valence-corrected chi connectivity index (χ2v) is 7.25. The van der Waals surface area contributed by atoms with E-state index in [0.29, 0.717) is 24.1 Å². The number of benzene rings is 1. The van der Waals surface area contributed by atoms with Crippen molar-refractivity contribution in [2.75, 3.05) is 13.6 Å². The molecule has 1 aromatic rings. The van der Waals surface area contributed by atoms with Crippen LogP contribution in [-0.2, 0) is 16.6 Å². The molecule has 1 aromatic carbocycles. The molecule has 5 rings (SSSR count). The average molecular weight is 286 g/mol. The predicted molar refractivity (Wildman–Crippen MR) is 75.8 cm³/mol. The number of likely N-dealkylation sites (N-methyl/N-ethyl adjacent to an activating group) is 1. The summed E-state index contributed by atoms with van der Waals surface area (Å²) in [5.41, 5.74) is 2.32. The van der Waals surface area contributed by atoms with Gasteiger partial charge in [-0.25, -0.2) is 0 Å². The van der Waals surface area contributed by atoms with E-state index in [2.05, 4.69) is 7.05 Å². The van der Waals surface area contributed by atoms with Crippen molar-refractivity contribution in [2.24, 2.45) is 5.92 Å². The van der Waals surface area contributed by atoms with E-state index in [1.807, 2.05) is 6.07 Å². The summed E-state index contributed by atoms with van der Waals surface area (Å²) in [6.07, 6.45) is 3.31. The minimum atomic E-state index is -0.353. The van der Waals surface area contributed by atoms with Crippen LogP contribution in [0.3, 0.4) is 0 Å². The van der Waals surface area contributed by atoms with Crippen LogP contribution in [0.25, 0.3) is 0 Å². The Morgan fingerprint density at radius 3 is 3.14 bits per heavy atom. The maximum atomic E-state index is 12.5. The largest absolute Gasteiger partial charge is 0.504 e. The summed E-state index contributed by atoms with van der Waals surface area (Å²) < 4.78 is 6.05. The van der Waals surface area contributed by atoms with E-state index in [1.165, 1.54) is 11.1 Å². The molecule has 5 atom stereocenters. The number of ketones is 1. The lowest BCUT2D eigenvalue weighted by Crippen LogP contribution is -3.16. The summed E-state index contributed by atoms with van der Waals surface area (Å²) in [4.78, 5) is 14.1. The summed E-state index contributed by atoms with van der Waals surface area (Å²) in [6, 6.07) is 4.36. The van der Waals surface area contributed by atoms with Crippen LogP contribution in [0.5, 0.6) is 11.5 Å². The molecule has 2 heterocycles. The Hall–Kier alpha value is -1.55. The van der Waals surface area contributed by atoms with E-state index in [-0.39, 0.29) is 23.1 Å². The van der Waals surface area contributed by atoms with Gasteiger partial charge in [0.05, 0.1) is 25.0 Å². The lowest BCUT2D eigenvalue weighted by Gasteiger charge is -2.54. The first-order valence-corrected chi connectivity index (χ1v) is 8.00. The maximum Gasteiger partial charge on any atom is 0.174 e. The first-order valence-electron chi connectivity index (χ1n) is 8.00. The maximum absolute atomic E-state index is 12.5. The van der Waals surface area contributed by atoms with Gasteiger partial charge in [0.15, 0.2) is 23.4 Å². The van der Waals surface area contributed by atoms with Gasteiger partial charge in [-0.15, -0.1) is 0 Å². The first kappa shape index (κ1) is 12.0. The number of nitrogens with one attached hydrogen (secondary N) is 1. The molecule has 4 aliphatic rings. The summed E-state index contributed by atoms with van der Waals surface area (Å²) in [7, 11) is 2.28. The Bertz CT molecular complexity index is 670. The standard InChI is InChI=1S/C17H19NO3/c1-18-7-6-17-10-3-5-13(20)16(17)21-15-12(19)4-2-9(14(15)17)8-11(10)18/h2,4,10-11,16,19H,3,5-8H2,1H3/p+1/t10-,11+,16-,17-/m0/s1. The molecule has 2 aliphatic heterocycles. The number of Topliss-reactive ketones (excluding diaryl/α,β-unsaturated/α-hetero) is 1. The molecule has 0 amide bonds. The lowest BCUT2D eigenvalue weighted by atomic mass is 9.52. The third-order valence-electron chi connectivity index (χ3n) is 6.54. The molecule has 4 heteroatoms. The quantitative estimate of drug-likeness (QED) is 0.717. The molecule has 1 saturated carbocycles. The second kappa shape index (κ2) is 3.61. The highest BCUT2D eigenvalue weighted by Crippen LogP contribution is 2.61. The van der Waals surface area contributed by atoms with Crippen molar-refractivity contribution in [1.29, 1.82) is 0 Å². The van der Waals surface area contributed by atoms with Gasteiger partial charge in [0.25, 0.3) is 0 Å². The van der Waals surface area contributed by atoms with Crippen LogP contribution < -0.4 is 9.64 Å². The van der Waals surface area contributed by atoms with Crippen LogP contribution >= 0.6 is 0 Å². The number of hydrogen-bond donors (Lipinski definition) is 2. The number of carbonyl (C=O) groups is 1. The number of piperidine rings is 1. The molecule has 0 radical (unpaired) electrons. The number of phenols is 1. The van der Waals surface area contributed by atoms with Gasteiger partial charge in [0.2, 0.25) is 0 Å². The molecule has 2 bridgehead atoms. The van der Waals surface area contributed by atoms with Crippen LogP contribution in [0.4, 0.5) is 0 Å². The zero-order chi connectivity index (χ0) is 14.4. The molecule has 2 fully saturated rings. The first-order chi connectivity index (χ1) is 10.1. The van der Waals surface area contributed by atoms with Gasteiger partial charge in [-0.2, -0.15) is 0 Å². The zero-order valence-electron chi connectivity index (χ0n) is 12.2. The van der Waals surface area contributed by atoms with Gasteiger partial charge in [-0.3, -0.25) is 4.79 Å². The fourth-order valence-corrected chi connectivity index (χ4v) is 5.67. The lowest BCUT2D eigenvalue weighted by molar-refractivity contribution is -0.919. The fraction of sp³-hybridized carbons (Fsp3) is 0.588. The highest BCUT2D eigenvalue weighted by atomic mass is 16.5. The molecule has 0 aromatic heterocycles. The van der Waals surface area contributed by atoms with Crippen LogP contribution in [0.2, 0.25) is 0 Å². The number of phenolic OH excluding ortho intramolecular Hbond substituents is 1. The Labute approximate surface area is 123 Å². The molecule has 21 heavy (non-hydrogen) atoms. The van der Waals surface area contributed by atoms with Crippen molar-refractivity contribution in [3.8, 4) is 11.5 Å². The van der Waals surface area contributed by atoms with Crippen molar-refractivity contribution in [1.82, 2.24) is 0 Å². The average Bonchev–Trinajstić information content (AvgIpc) is 2.83. The Balaban J connectivity index is 1.83. The van der Waals surface area contributed by atoms with E-state index >= 15 is 0 Å². The van der Waals surface area contributed by atoms with Crippen LogP contribution in [0.1, 0.15) is 30.4 Å². The van der Waals surface area contributed by atoms with Gasteiger partial charge in [0.1, 0.15) is 0 Å². The third-order valence-corrected chi connectivity index (χ3v) is 6.54. The Morgan fingerprint density at radius 1 is 1.43 bits per heavy atom. The predicted octanol–water partition coefficient (Wildman–Crippen LogP) is 0.213. The van der Waals surface area contributed by atoms with Gasteiger partial charge in [-0.1, -0.05) is 6.07 Å². The number of likely N-dealkylation sites (tertiary alicyclic amines) is 1. The minimum absolute atomic E-state index is 0.152. The molecule has 2 aliphatic carbocycles. The van der Waals surface area contributed by atoms with E-state index < -0.39 is 0 Å². The van der Waals surface area contributed by atoms with Gasteiger partial charge < -0.3 is 14.7 Å². The summed E-state index contributed by atoms with van der Waals surface area (Å²) in [5.74, 6) is 1.56. The smallest absolute Gasteiger partial charge is 0.174 e. The Morgan fingerprint density at radius 2 is 2.29 bits per heavy atom.